The van der Waals surface area contributed by atoms with Crippen LogP contribution in [0.25, 0.3) is 0 Å². The van der Waals surface area contributed by atoms with Crippen LogP contribution < -0.4 is 0 Å². The van der Waals surface area contributed by atoms with Crippen molar-refractivity contribution in [2.24, 2.45) is 0 Å². The fraction of sp³-hybridized carbons (Fsp3) is 0.562. The van der Waals surface area contributed by atoms with Crippen LogP contribution >= 0.6 is 0 Å². The lowest BCUT2D eigenvalue weighted by Gasteiger charge is -2.28. The maximum absolute atomic E-state index is 12.7. The fourth-order valence-corrected chi connectivity index (χ4v) is 4.83. The Hall–Kier alpha value is -1.36. The molecule has 2 fully saturated rings. The third kappa shape index (κ3) is 3.28. The predicted molar refractivity (Wildman–Crippen MR) is 81.8 cm³/mol. The lowest BCUT2D eigenvalue weighted by molar-refractivity contribution is -0.133. The van der Waals surface area contributed by atoms with Crippen molar-refractivity contribution >= 4 is 15.7 Å². The largest absolute Gasteiger partial charge is 0.335 e. The van der Waals surface area contributed by atoms with Crippen LogP contribution in [0.15, 0.2) is 24.3 Å². The van der Waals surface area contributed by atoms with E-state index in [0.717, 1.165) is 24.0 Å². The summed E-state index contributed by atoms with van der Waals surface area (Å²) >= 11 is 0. The maximum atomic E-state index is 12.7. The van der Waals surface area contributed by atoms with Gasteiger partial charge in [-0.3, -0.25) is 4.79 Å². The second-order valence-electron chi connectivity index (χ2n) is 6.19. The minimum atomic E-state index is -2.95. The maximum Gasteiger partial charge on any atom is 0.227 e. The highest BCUT2D eigenvalue weighted by Crippen LogP contribution is 2.32. The number of aryl methyl sites for hydroxylation is 1. The first kappa shape index (κ1) is 14.6. The first-order chi connectivity index (χ1) is 9.96. The Morgan fingerprint density at radius 2 is 1.90 bits per heavy atom. The van der Waals surface area contributed by atoms with E-state index in [2.05, 4.69) is 0 Å². The smallest absolute Gasteiger partial charge is 0.227 e. The van der Waals surface area contributed by atoms with Gasteiger partial charge in [0.1, 0.15) is 0 Å². The van der Waals surface area contributed by atoms with Crippen molar-refractivity contribution in [3.05, 3.63) is 35.4 Å². The predicted octanol–water partition coefficient (Wildman–Crippen LogP) is 1.72. The van der Waals surface area contributed by atoms with E-state index in [1.165, 1.54) is 0 Å². The van der Waals surface area contributed by atoms with E-state index in [9.17, 15) is 13.2 Å². The molecule has 4 nitrogen and oxygen atoms in total. The van der Waals surface area contributed by atoms with E-state index in [1.54, 1.807) is 0 Å². The normalized spacial score (nSPS) is 24.0. The van der Waals surface area contributed by atoms with Gasteiger partial charge in [-0.15, -0.1) is 0 Å². The minimum Gasteiger partial charge on any atom is -0.335 e. The number of rotatable bonds is 4. The average Bonchev–Trinajstić information content (AvgIpc) is 3.17. The standard InChI is InChI=1S/C16H21NO3S/c1-12-4-2-3-5-13(12)10-16(18)17(14-6-7-14)15-8-9-21(19,20)11-15/h2-5,14-15H,6-11H2,1H3. The Morgan fingerprint density at radius 3 is 2.48 bits per heavy atom. The first-order valence-corrected chi connectivity index (χ1v) is 9.34. The quantitative estimate of drug-likeness (QED) is 0.851. The van der Waals surface area contributed by atoms with Crippen molar-refractivity contribution in [1.29, 1.82) is 0 Å². The number of benzene rings is 1. The van der Waals surface area contributed by atoms with E-state index in [0.29, 0.717) is 12.8 Å². The molecule has 0 radical (unpaired) electrons. The SMILES string of the molecule is Cc1ccccc1CC(=O)N(C1CC1)C1CCS(=O)(=O)C1. The zero-order chi connectivity index (χ0) is 15.0. The third-order valence-electron chi connectivity index (χ3n) is 4.43. The number of amides is 1. The summed E-state index contributed by atoms with van der Waals surface area (Å²) in [6.45, 7) is 2.00. The van der Waals surface area contributed by atoms with Crippen molar-refractivity contribution in [3.63, 3.8) is 0 Å². The highest BCUT2D eigenvalue weighted by molar-refractivity contribution is 7.91. The van der Waals surface area contributed by atoms with Crippen LogP contribution in [-0.4, -0.2) is 42.8 Å². The molecular weight excluding hydrogens is 286 g/mol. The molecule has 1 aromatic carbocycles. The van der Waals surface area contributed by atoms with Gasteiger partial charge in [0, 0.05) is 12.1 Å². The molecule has 21 heavy (non-hydrogen) atoms. The first-order valence-electron chi connectivity index (χ1n) is 7.52. The second-order valence-corrected chi connectivity index (χ2v) is 8.42. The molecule has 0 aromatic heterocycles. The van der Waals surface area contributed by atoms with Crippen LogP contribution in [0.2, 0.25) is 0 Å². The molecular formula is C16H21NO3S. The van der Waals surface area contributed by atoms with Crippen molar-refractivity contribution in [2.45, 2.75) is 44.7 Å². The number of nitrogens with zero attached hydrogens (tertiary/aromatic N) is 1. The van der Waals surface area contributed by atoms with Crippen LogP contribution in [-0.2, 0) is 21.1 Å². The Kier molecular flexibility index (Phi) is 3.78. The molecule has 1 aliphatic carbocycles. The highest BCUT2D eigenvalue weighted by atomic mass is 32.2. The Bertz CT molecular complexity index is 649. The molecule has 3 rings (SSSR count). The molecule has 1 saturated heterocycles. The monoisotopic (exact) mass is 307 g/mol. The molecule has 1 aliphatic heterocycles. The highest BCUT2D eigenvalue weighted by Gasteiger charge is 2.41. The van der Waals surface area contributed by atoms with Gasteiger partial charge in [-0.25, -0.2) is 8.42 Å². The molecule has 1 amide bonds. The van der Waals surface area contributed by atoms with E-state index in [4.69, 9.17) is 0 Å². The van der Waals surface area contributed by atoms with E-state index >= 15 is 0 Å². The summed E-state index contributed by atoms with van der Waals surface area (Å²) in [5.41, 5.74) is 2.15. The molecule has 1 saturated carbocycles. The van der Waals surface area contributed by atoms with Gasteiger partial charge >= 0.3 is 0 Å². The van der Waals surface area contributed by atoms with Gasteiger partial charge in [0.15, 0.2) is 9.84 Å². The van der Waals surface area contributed by atoms with Gasteiger partial charge in [0.05, 0.1) is 17.9 Å². The molecule has 114 valence electrons. The summed E-state index contributed by atoms with van der Waals surface area (Å²) in [4.78, 5) is 14.5. The van der Waals surface area contributed by atoms with Crippen LogP contribution in [0.5, 0.6) is 0 Å². The molecule has 1 unspecified atom stereocenters. The zero-order valence-electron chi connectivity index (χ0n) is 12.3. The van der Waals surface area contributed by atoms with Crippen LogP contribution in [0.1, 0.15) is 30.4 Å². The lowest BCUT2D eigenvalue weighted by atomic mass is 10.0. The van der Waals surface area contributed by atoms with Gasteiger partial charge in [-0.1, -0.05) is 24.3 Å². The summed E-state index contributed by atoms with van der Waals surface area (Å²) in [5, 5.41) is 0. The summed E-state index contributed by atoms with van der Waals surface area (Å²) in [7, 11) is -2.95. The number of hydrogen-bond donors (Lipinski definition) is 0. The van der Waals surface area contributed by atoms with E-state index in [1.807, 2.05) is 36.1 Å². The Balaban J connectivity index is 1.76. The fourth-order valence-electron chi connectivity index (χ4n) is 3.12. The molecule has 2 aliphatic rings. The van der Waals surface area contributed by atoms with Gasteiger partial charge in [-0.2, -0.15) is 0 Å². The second kappa shape index (κ2) is 5.44. The molecule has 5 heteroatoms. The van der Waals surface area contributed by atoms with Crippen LogP contribution in [0.3, 0.4) is 0 Å². The zero-order valence-corrected chi connectivity index (χ0v) is 13.1. The molecule has 0 N–H and O–H groups in total. The summed E-state index contributed by atoms with van der Waals surface area (Å²) in [6, 6.07) is 8.04. The molecule has 1 heterocycles. The number of carbonyl (C=O) groups is 1. The molecule has 1 aromatic rings. The number of hydrogen-bond acceptors (Lipinski definition) is 3. The van der Waals surface area contributed by atoms with Gasteiger partial charge < -0.3 is 4.90 Å². The minimum absolute atomic E-state index is 0.0777. The van der Waals surface area contributed by atoms with Crippen LogP contribution in [0, 0.1) is 6.92 Å². The van der Waals surface area contributed by atoms with Crippen molar-refractivity contribution in [3.8, 4) is 0 Å². The lowest BCUT2D eigenvalue weighted by Crippen LogP contribution is -2.43. The summed E-state index contributed by atoms with van der Waals surface area (Å²) in [6.07, 6.45) is 2.99. The van der Waals surface area contributed by atoms with E-state index < -0.39 is 9.84 Å². The molecule has 1 atom stereocenters. The van der Waals surface area contributed by atoms with Gasteiger partial charge in [0.2, 0.25) is 5.91 Å². The van der Waals surface area contributed by atoms with Gasteiger partial charge in [0.25, 0.3) is 0 Å². The topological polar surface area (TPSA) is 54.5 Å². The average molecular weight is 307 g/mol. The van der Waals surface area contributed by atoms with E-state index in [-0.39, 0.29) is 29.5 Å². The number of sulfone groups is 1. The third-order valence-corrected chi connectivity index (χ3v) is 6.18. The summed E-state index contributed by atoms with van der Waals surface area (Å²) < 4.78 is 23.4. The van der Waals surface area contributed by atoms with Crippen molar-refractivity contribution in [2.75, 3.05) is 11.5 Å². The Morgan fingerprint density at radius 1 is 1.19 bits per heavy atom. The van der Waals surface area contributed by atoms with Gasteiger partial charge in [-0.05, 0) is 37.3 Å². The van der Waals surface area contributed by atoms with Crippen molar-refractivity contribution in [1.82, 2.24) is 4.90 Å². The molecule has 0 spiro atoms. The van der Waals surface area contributed by atoms with Crippen molar-refractivity contribution < 1.29 is 13.2 Å². The molecule has 0 bridgehead atoms. The van der Waals surface area contributed by atoms with Crippen LogP contribution in [0.4, 0.5) is 0 Å². The Labute approximate surface area is 126 Å². The number of carbonyl (C=O) groups excluding carboxylic acids is 1. The summed E-state index contributed by atoms with van der Waals surface area (Å²) in [5.74, 6) is 0.440.